The van der Waals surface area contributed by atoms with E-state index in [1.807, 2.05) is 92.9 Å². The zero-order valence-electron chi connectivity index (χ0n) is 19.8. The summed E-state index contributed by atoms with van der Waals surface area (Å²) in [6, 6.07) is 22.7. The van der Waals surface area contributed by atoms with Gasteiger partial charge in [0.2, 0.25) is 0 Å². The molecule has 0 saturated heterocycles. The first-order valence-corrected chi connectivity index (χ1v) is 11.7. The lowest BCUT2D eigenvalue weighted by molar-refractivity contribution is 0.102. The lowest BCUT2D eigenvalue weighted by Crippen LogP contribution is -2.27. The molecule has 4 nitrogen and oxygen atoms in total. The van der Waals surface area contributed by atoms with Gasteiger partial charge in [0.25, 0.3) is 5.91 Å². The van der Waals surface area contributed by atoms with Gasteiger partial charge in [-0.05, 0) is 56.5 Å². The number of para-hydroxylation sites is 1. The maximum atomic E-state index is 13.7. The summed E-state index contributed by atoms with van der Waals surface area (Å²) in [7, 11) is 0. The number of halogens is 1. The number of amides is 1. The van der Waals surface area contributed by atoms with E-state index in [4.69, 9.17) is 11.6 Å². The molecular formula is C29H27ClN2O2. The molecule has 0 spiro atoms. The van der Waals surface area contributed by atoms with Gasteiger partial charge in [-0.1, -0.05) is 72.6 Å². The van der Waals surface area contributed by atoms with Gasteiger partial charge in [0.15, 0.2) is 5.43 Å². The molecule has 1 aromatic heterocycles. The van der Waals surface area contributed by atoms with Crippen LogP contribution in [-0.4, -0.2) is 10.5 Å². The fourth-order valence-corrected chi connectivity index (χ4v) is 4.49. The molecule has 172 valence electrons. The van der Waals surface area contributed by atoms with Gasteiger partial charge in [-0.3, -0.25) is 9.59 Å². The quantitative estimate of drug-likeness (QED) is 0.345. The minimum absolute atomic E-state index is 0.0598. The van der Waals surface area contributed by atoms with Crippen LogP contribution in [0.3, 0.4) is 0 Å². The molecule has 4 aromatic rings. The fourth-order valence-electron chi connectivity index (χ4n) is 4.26. The molecule has 1 heterocycles. The topological polar surface area (TPSA) is 51.1 Å². The summed E-state index contributed by atoms with van der Waals surface area (Å²) in [5.41, 5.74) is 6.18. The number of nitrogens with zero attached hydrogens (tertiary/aromatic N) is 1. The van der Waals surface area contributed by atoms with Crippen molar-refractivity contribution in [1.82, 2.24) is 4.57 Å². The first-order chi connectivity index (χ1) is 16.3. The van der Waals surface area contributed by atoms with E-state index in [1.54, 1.807) is 6.07 Å². The zero-order valence-corrected chi connectivity index (χ0v) is 20.5. The van der Waals surface area contributed by atoms with E-state index in [0.717, 1.165) is 34.5 Å². The summed E-state index contributed by atoms with van der Waals surface area (Å²) in [4.78, 5) is 27.1. The van der Waals surface area contributed by atoms with E-state index >= 15 is 0 Å². The highest BCUT2D eigenvalue weighted by Gasteiger charge is 2.24. The number of rotatable bonds is 5. The van der Waals surface area contributed by atoms with Crippen LogP contribution in [0.15, 0.2) is 77.6 Å². The molecule has 1 N–H and O–H groups in total. The summed E-state index contributed by atoms with van der Waals surface area (Å²) in [5.74, 6) is -0.454. The molecule has 4 rings (SSSR count). The highest BCUT2D eigenvalue weighted by Crippen LogP contribution is 2.33. The lowest BCUT2D eigenvalue weighted by atomic mass is 10.0. The van der Waals surface area contributed by atoms with Gasteiger partial charge in [-0.15, -0.1) is 0 Å². The molecule has 0 aliphatic carbocycles. The van der Waals surface area contributed by atoms with E-state index in [2.05, 4.69) is 5.32 Å². The van der Waals surface area contributed by atoms with Crippen LogP contribution in [0, 0.1) is 20.8 Å². The Bertz CT molecular complexity index is 1440. The Hall–Kier alpha value is -3.63. The number of carbonyl (C=O) groups excluding carboxylic acids is 1. The third-order valence-corrected chi connectivity index (χ3v) is 6.36. The Morgan fingerprint density at radius 1 is 0.941 bits per heavy atom. The molecule has 0 aliphatic rings. The van der Waals surface area contributed by atoms with E-state index in [9.17, 15) is 9.59 Å². The molecular weight excluding hydrogens is 444 g/mol. The maximum absolute atomic E-state index is 13.7. The van der Waals surface area contributed by atoms with E-state index in [1.165, 1.54) is 6.07 Å². The molecule has 1 amide bonds. The van der Waals surface area contributed by atoms with Crippen LogP contribution in [0.1, 0.15) is 39.7 Å². The minimum atomic E-state index is -0.454. The predicted molar refractivity (Wildman–Crippen MR) is 140 cm³/mol. The molecule has 0 bridgehead atoms. The molecule has 0 saturated carbocycles. The van der Waals surface area contributed by atoms with Crippen LogP contribution < -0.4 is 10.7 Å². The summed E-state index contributed by atoms with van der Waals surface area (Å²) in [6.45, 7) is 7.86. The largest absolute Gasteiger partial charge is 0.321 e. The number of nitrogens with one attached hydrogen (secondary N) is 1. The third-order valence-electron chi connectivity index (χ3n) is 6.03. The Morgan fingerprint density at radius 3 is 2.32 bits per heavy atom. The van der Waals surface area contributed by atoms with Crippen LogP contribution in [0.2, 0.25) is 5.02 Å². The van der Waals surface area contributed by atoms with E-state index in [-0.39, 0.29) is 11.0 Å². The van der Waals surface area contributed by atoms with Crippen molar-refractivity contribution in [3.05, 3.63) is 116 Å². The normalized spacial score (nSPS) is 10.9. The minimum Gasteiger partial charge on any atom is -0.321 e. The van der Waals surface area contributed by atoms with Crippen LogP contribution in [0.5, 0.6) is 0 Å². The Morgan fingerprint density at radius 2 is 1.65 bits per heavy atom. The van der Waals surface area contributed by atoms with Crippen LogP contribution in [0.25, 0.3) is 16.9 Å². The number of aryl methyl sites for hydroxylation is 4. The van der Waals surface area contributed by atoms with Crippen molar-refractivity contribution in [2.75, 3.05) is 5.32 Å². The maximum Gasteiger partial charge on any atom is 0.261 e. The number of benzene rings is 3. The van der Waals surface area contributed by atoms with E-state index < -0.39 is 5.91 Å². The van der Waals surface area contributed by atoms with Gasteiger partial charge in [0, 0.05) is 33.7 Å². The van der Waals surface area contributed by atoms with Crippen LogP contribution in [-0.2, 0) is 6.42 Å². The summed E-state index contributed by atoms with van der Waals surface area (Å²) < 4.78 is 1.93. The fraction of sp³-hybridized carbons (Fsp3) is 0.172. The molecule has 0 aliphatic heterocycles. The second-order valence-electron chi connectivity index (χ2n) is 8.44. The smallest absolute Gasteiger partial charge is 0.261 e. The van der Waals surface area contributed by atoms with Crippen molar-refractivity contribution >= 4 is 23.2 Å². The van der Waals surface area contributed by atoms with Crippen molar-refractivity contribution in [1.29, 1.82) is 0 Å². The van der Waals surface area contributed by atoms with Crippen molar-refractivity contribution in [2.45, 2.75) is 34.1 Å². The molecule has 0 radical (unpaired) electrons. The lowest BCUT2D eigenvalue weighted by Gasteiger charge is -2.22. The first-order valence-electron chi connectivity index (χ1n) is 11.3. The van der Waals surface area contributed by atoms with Gasteiger partial charge in [-0.25, -0.2) is 0 Å². The molecule has 34 heavy (non-hydrogen) atoms. The summed E-state index contributed by atoms with van der Waals surface area (Å²) in [5, 5.41) is 3.49. The standard InChI is InChI=1S/C29H27ClN2O2/c1-5-21-10-8-9-19(3)27(21)31-29(34)26-25(33)17-20(4)32(22-15-13-18(2)14-16-22)28(26)23-11-6-7-12-24(23)30/h6-17H,5H2,1-4H3,(H,31,34). The zero-order chi connectivity index (χ0) is 24.4. The average Bonchev–Trinajstić information content (AvgIpc) is 2.81. The monoisotopic (exact) mass is 470 g/mol. The number of pyridine rings is 1. The second kappa shape index (κ2) is 9.70. The molecule has 3 aromatic carbocycles. The van der Waals surface area contributed by atoms with Gasteiger partial charge in [-0.2, -0.15) is 0 Å². The number of hydrogen-bond acceptors (Lipinski definition) is 2. The number of anilines is 1. The van der Waals surface area contributed by atoms with Gasteiger partial charge in [0.05, 0.1) is 5.69 Å². The Labute approximate surface area is 204 Å². The Balaban J connectivity index is 2.01. The number of aromatic nitrogens is 1. The number of hydrogen-bond donors (Lipinski definition) is 1. The predicted octanol–water partition coefficient (Wildman–Crippen LogP) is 6.90. The van der Waals surface area contributed by atoms with Gasteiger partial charge in [0.1, 0.15) is 5.56 Å². The molecule has 0 atom stereocenters. The highest BCUT2D eigenvalue weighted by molar-refractivity contribution is 6.33. The van der Waals surface area contributed by atoms with Crippen molar-refractivity contribution in [3.63, 3.8) is 0 Å². The molecule has 0 unspecified atom stereocenters. The highest BCUT2D eigenvalue weighted by atomic mass is 35.5. The van der Waals surface area contributed by atoms with Crippen molar-refractivity contribution in [2.24, 2.45) is 0 Å². The van der Waals surface area contributed by atoms with Crippen molar-refractivity contribution in [3.8, 4) is 16.9 Å². The van der Waals surface area contributed by atoms with Crippen LogP contribution in [0.4, 0.5) is 5.69 Å². The second-order valence-corrected chi connectivity index (χ2v) is 8.85. The molecule has 5 heteroatoms. The van der Waals surface area contributed by atoms with Crippen LogP contribution >= 0.6 is 11.6 Å². The van der Waals surface area contributed by atoms with Gasteiger partial charge < -0.3 is 9.88 Å². The SMILES string of the molecule is CCc1cccc(C)c1NC(=O)c1c(-c2ccccc2Cl)n(-c2ccc(C)cc2)c(C)cc1=O. The molecule has 0 fully saturated rings. The van der Waals surface area contributed by atoms with Crippen molar-refractivity contribution < 1.29 is 4.79 Å². The summed E-state index contributed by atoms with van der Waals surface area (Å²) >= 11 is 6.61. The first kappa shape index (κ1) is 23.5. The third kappa shape index (κ3) is 4.42. The summed E-state index contributed by atoms with van der Waals surface area (Å²) in [6.07, 6.45) is 0.760. The van der Waals surface area contributed by atoms with Gasteiger partial charge >= 0.3 is 0 Å². The Kier molecular flexibility index (Phi) is 6.71. The number of carbonyl (C=O) groups is 1. The average molecular weight is 471 g/mol. The van der Waals surface area contributed by atoms with E-state index in [0.29, 0.717) is 22.0 Å².